The van der Waals surface area contributed by atoms with Gasteiger partial charge in [-0.15, -0.1) is 10.2 Å². The molecule has 1 aliphatic rings. The van der Waals surface area contributed by atoms with E-state index in [2.05, 4.69) is 20.2 Å². The van der Waals surface area contributed by atoms with Gasteiger partial charge in [0.15, 0.2) is 0 Å². The number of rotatable bonds is 4. The van der Waals surface area contributed by atoms with Crippen LogP contribution in [0.3, 0.4) is 0 Å². The average Bonchev–Trinajstić information content (AvgIpc) is 3.19. The van der Waals surface area contributed by atoms with Gasteiger partial charge < -0.3 is 4.42 Å². The lowest BCUT2D eigenvalue weighted by Crippen LogP contribution is -2.39. The van der Waals surface area contributed by atoms with E-state index in [-0.39, 0.29) is 23.2 Å². The van der Waals surface area contributed by atoms with Crippen molar-refractivity contribution < 1.29 is 12.8 Å². The lowest BCUT2D eigenvalue weighted by atomic mass is 10.00. The number of hydrogen-bond acceptors (Lipinski definition) is 7. The van der Waals surface area contributed by atoms with E-state index in [4.69, 9.17) is 16.0 Å². The summed E-state index contributed by atoms with van der Waals surface area (Å²) in [7, 11) is -3.63. The summed E-state index contributed by atoms with van der Waals surface area (Å²) in [5, 5.41) is 8.49. The lowest BCUT2D eigenvalue weighted by Gasteiger charge is -2.30. The molecule has 3 aromatic rings. The second-order valence-corrected chi connectivity index (χ2v) is 8.57. The van der Waals surface area contributed by atoms with Crippen molar-refractivity contribution in [1.29, 1.82) is 0 Å². The van der Waals surface area contributed by atoms with E-state index in [1.165, 1.54) is 16.6 Å². The molecular weight excluding hydrogens is 390 g/mol. The molecular formula is C17H16ClN5O3S. The highest BCUT2D eigenvalue weighted by molar-refractivity contribution is 7.89. The van der Waals surface area contributed by atoms with E-state index < -0.39 is 10.0 Å². The molecule has 0 amide bonds. The van der Waals surface area contributed by atoms with Crippen molar-refractivity contribution in [2.75, 3.05) is 13.1 Å². The molecule has 0 bridgehead atoms. The van der Waals surface area contributed by atoms with Crippen molar-refractivity contribution in [2.45, 2.75) is 23.7 Å². The molecule has 0 spiro atoms. The van der Waals surface area contributed by atoms with Gasteiger partial charge >= 0.3 is 0 Å². The minimum atomic E-state index is -3.63. The van der Waals surface area contributed by atoms with E-state index in [0.717, 1.165) is 6.42 Å². The molecule has 1 fully saturated rings. The van der Waals surface area contributed by atoms with E-state index in [1.54, 1.807) is 30.6 Å². The minimum absolute atomic E-state index is 0.175. The Balaban J connectivity index is 1.56. The molecule has 0 aliphatic carbocycles. The van der Waals surface area contributed by atoms with Crippen LogP contribution in [0, 0.1) is 0 Å². The van der Waals surface area contributed by atoms with Crippen molar-refractivity contribution in [3.63, 3.8) is 0 Å². The first-order chi connectivity index (χ1) is 13.0. The van der Waals surface area contributed by atoms with Gasteiger partial charge in [-0.05, 0) is 31.0 Å². The quantitative estimate of drug-likeness (QED) is 0.657. The fourth-order valence-electron chi connectivity index (χ4n) is 3.05. The third-order valence-electron chi connectivity index (χ3n) is 4.39. The molecule has 140 valence electrons. The molecule has 1 aliphatic heterocycles. The van der Waals surface area contributed by atoms with Gasteiger partial charge in [-0.1, -0.05) is 17.7 Å². The number of benzene rings is 1. The maximum atomic E-state index is 12.9. The number of halogens is 1. The van der Waals surface area contributed by atoms with Gasteiger partial charge in [-0.3, -0.25) is 4.98 Å². The van der Waals surface area contributed by atoms with Crippen LogP contribution in [-0.4, -0.2) is 46.0 Å². The molecule has 27 heavy (non-hydrogen) atoms. The topological polar surface area (TPSA) is 102 Å². The Kier molecular flexibility index (Phi) is 4.90. The van der Waals surface area contributed by atoms with Gasteiger partial charge in [0.05, 0.1) is 17.0 Å². The maximum absolute atomic E-state index is 12.9. The summed E-state index contributed by atoms with van der Waals surface area (Å²) in [4.78, 5) is 8.29. The summed E-state index contributed by atoms with van der Waals surface area (Å²) in [5.74, 6) is 0.500. The standard InChI is InChI=1S/C17H16ClN5O3S/c18-13-4-1-5-14(9-13)27(24,25)23-8-2-3-12(11-23)16-21-22-17(26-16)15-10-19-6-7-20-15/h1,4-7,9-10,12H,2-3,8,11H2. The Labute approximate surface area is 161 Å². The van der Waals surface area contributed by atoms with E-state index in [0.29, 0.717) is 29.6 Å². The Morgan fingerprint density at radius 2 is 2.11 bits per heavy atom. The van der Waals surface area contributed by atoms with Crippen molar-refractivity contribution in [3.8, 4) is 11.6 Å². The highest BCUT2D eigenvalue weighted by Gasteiger charge is 2.33. The molecule has 0 saturated carbocycles. The van der Waals surface area contributed by atoms with Crippen LogP contribution >= 0.6 is 11.6 Å². The molecule has 4 rings (SSSR count). The van der Waals surface area contributed by atoms with Gasteiger partial charge in [0.1, 0.15) is 5.69 Å². The molecule has 0 radical (unpaired) electrons. The highest BCUT2D eigenvalue weighted by Crippen LogP contribution is 2.31. The molecule has 3 heterocycles. The van der Waals surface area contributed by atoms with Crippen LogP contribution in [-0.2, 0) is 10.0 Å². The van der Waals surface area contributed by atoms with Crippen molar-refractivity contribution >= 4 is 21.6 Å². The Morgan fingerprint density at radius 3 is 2.89 bits per heavy atom. The van der Waals surface area contributed by atoms with E-state index in [9.17, 15) is 8.42 Å². The van der Waals surface area contributed by atoms with Crippen molar-refractivity contribution in [2.24, 2.45) is 0 Å². The summed E-state index contributed by atoms with van der Waals surface area (Å²) < 4.78 is 33.0. The van der Waals surface area contributed by atoms with E-state index in [1.807, 2.05) is 0 Å². The van der Waals surface area contributed by atoms with Crippen LogP contribution in [0.5, 0.6) is 0 Å². The Morgan fingerprint density at radius 1 is 1.22 bits per heavy atom. The molecule has 1 saturated heterocycles. The summed E-state index contributed by atoms with van der Waals surface area (Å²) in [6.07, 6.45) is 6.10. The lowest BCUT2D eigenvalue weighted by molar-refractivity contribution is 0.286. The highest BCUT2D eigenvalue weighted by atomic mass is 35.5. The predicted octanol–water partition coefficient (Wildman–Crippen LogP) is 2.75. The van der Waals surface area contributed by atoms with Crippen LogP contribution in [0.4, 0.5) is 0 Å². The molecule has 0 N–H and O–H groups in total. The number of aromatic nitrogens is 4. The second kappa shape index (κ2) is 7.34. The fraction of sp³-hybridized carbons (Fsp3) is 0.294. The SMILES string of the molecule is O=S(=O)(c1cccc(Cl)c1)N1CCCC(c2nnc(-c3cnccn3)o2)C1. The molecule has 1 unspecified atom stereocenters. The number of sulfonamides is 1. The van der Waals surface area contributed by atoms with Gasteiger partial charge in [0, 0.05) is 30.5 Å². The van der Waals surface area contributed by atoms with Crippen LogP contribution in [0.15, 0.2) is 52.2 Å². The molecule has 1 atom stereocenters. The van der Waals surface area contributed by atoms with Gasteiger partial charge in [0.2, 0.25) is 15.9 Å². The number of nitrogens with zero attached hydrogens (tertiary/aromatic N) is 5. The average molecular weight is 406 g/mol. The molecule has 2 aromatic heterocycles. The first-order valence-corrected chi connectivity index (χ1v) is 10.2. The monoisotopic (exact) mass is 405 g/mol. The zero-order valence-corrected chi connectivity index (χ0v) is 15.8. The van der Waals surface area contributed by atoms with Crippen molar-refractivity contribution in [1.82, 2.24) is 24.5 Å². The Bertz CT molecular complexity index is 1040. The largest absolute Gasteiger partial charge is 0.419 e. The first-order valence-electron chi connectivity index (χ1n) is 8.39. The third kappa shape index (κ3) is 3.71. The predicted molar refractivity (Wildman–Crippen MR) is 97.5 cm³/mol. The minimum Gasteiger partial charge on any atom is -0.419 e. The summed E-state index contributed by atoms with van der Waals surface area (Å²) >= 11 is 5.95. The first kappa shape index (κ1) is 18.0. The summed E-state index contributed by atoms with van der Waals surface area (Å²) in [5.41, 5.74) is 0.482. The Hall–Kier alpha value is -2.36. The fourth-order valence-corrected chi connectivity index (χ4v) is 4.88. The maximum Gasteiger partial charge on any atom is 0.267 e. The summed E-state index contributed by atoms with van der Waals surface area (Å²) in [6.45, 7) is 0.716. The van der Waals surface area contributed by atoms with Gasteiger partial charge in [-0.2, -0.15) is 4.31 Å². The molecule has 1 aromatic carbocycles. The molecule has 10 heteroatoms. The molecule has 8 nitrogen and oxygen atoms in total. The second-order valence-electron chi connectivity index (χ2n) is 6.20. The van der Waals surface area contributed by atoms with Crippen molar-refractivity contribution in [3.05, 3.63) is 53.8 Å². The van der Waals surface area contributed by atoms with Crippen LogP contribution in [0.25, 0.3) is 11.6 Å². The smallest absolute Gasteiger partial charge is 0.267 e. The number of hydrogen-bond donors (Lipinski definition) is 0. The van der Waals surface area contributed by atoms with Crippen LogP contribution < -0.4 is 0 Å². The zero-order chi connectivity index (χ0) is 18.9. The normalized spacial score (nSPS) is 18.5. The van der Waals surface area contributed by atoms with Gasteiger partial charge in [0.25, 0.3) is 5.89 Å². The zero-order valence-electron chi connectivity index (χ0n) is 14.2. The third-order valence-corrected chi connectivity index (χ3v) is 6.49. The van der Waals surface area contributed by atoms with Crippen LogP contribution in [0.2, 0.25) is 5.02 Å². The number of piperidine rings is 1. The van der Waals surface area contributed by atoms with Gasteiger partial charge in [-0.25, -0.2) is 13.4 Å². The van der Waals surface area contributed by atoms with Crippen LogP contribution in [0.1, 0.15) is 24.7 Å². The van der Waals surface area contributed by atoms with E-state index >= 15 is 0 Å². The summed E-state index contributed by atoms with van der Waals surface area (Å²) in [6, 6.07) is 6.27.